The Labute approximate surface area is 334 Å². The molecule has 0 unspecified atom stereocenters. The Morgan fingerprint density at radius 1 is 0.385 bits per heavy atom. The van der Waals surface area contributed by atoms with Crippen LogP contribution in [0.4, 0.5) is 5.69 Å². The maximum absolute atomic E-state index is 5.38. The topological polar surface area (TPSA) is 56.8 Å². The Kier molecular flexibility index (Phi) is 8.79. The highest BCUT2D eigenvalue weighted by molar-refractivity contribution is 9.11. The summed E-state index contributed by atoms with van der Waals surface area (Å²) in [5.41, 5.74) is 15.9. The highest BCUT2D eigenvalue weighted by Gasteiger charge is 2.19. The van der Waals surface area contributed by atoms with Crippen molar-refractivity contribution >= 4 is 110 Å². The Balaban J connectivity index is 1.47. The number of rotatable bonds is 4. The summed E-state index contributed by atoms with van der Waals surface area (Å²) in [6.07, 6.45) is 6.23. The molecule has 8 bridgehead atoms. The van der Waals surface area contributed by atoms with Crippen molar-refractivity contribution in [2.45, 2.75) is 0 Å². The average molecular weight is 930 g/mol. The lowest BCUT2D eigenvalue weighted by Gasteiger charge is -2.07. The smallest absolute Gasteiger partial charge is 0.0737 e. The Morgan fingerprint density at radius 2 is 0.731 bits per heavy atom. The van der Waals surface area contributed by atoms with Gasteiger partial charge in [0.05, 0.1) is 17.1 Å². The van der Waals surface area contributed by atoms with Crippen molar-refractivity contribution in [1.82, 2.24) is 15.0 Å². The molecule has 0 fully saturated rings. The maximum atomic E-state index is 5.38. The van der Waals surface area contributed by atoms with E-state index in [2.05, 4.69) is 213 Å². The van der Waals surface area contributed by atoms with Gasteiger partial charge in [0, 0.05) is 74.0 Å². The van der Waals surface area contributed by atoms with Crippen molar-refractivity contribution in [1.29, 1.82) is 0 Å². The number of fused-ring (bicyclic) bond motifs is 8. The molecular weight excluding hydrogens is 904 g/mol. The average Bonchev–Trinajstić information content (AvgIpc) is 3.99. The van der Waals surface area contributed by atoms with Gasteiger partial charge in [-0.3, -0.25) is 4.99 Å². The van der Waals surface area contributed by atoms with Crippen LogP contribution in [0, 0.1) is 0 Å². The van der Waals surface area contributed by atoms with Crippen LogP contribution in [0.1, 0.15) is 17.0 Å². The number of nitrogens with zero attached hydrogens (tertiary/aromatic N) is 2. The number of hydrogen-bond acceptors (Lipinski definition) is 2. The van der Waals surface area contributed by atoms with Crippen LogP contribution in [0.3, 0.4) is 0 Å². The fourth-order valence-electron chi connectivity index (χ4n) is 6.92. The number of H-pyrrole nitrogens is 2. The lowest BCUT2D eigenvalue weighted by atomic mass is 10.0. The van der Waals surface area contributed by atoms with E-state index in [0.717, 1.165) is 107 Å². The molecule has 4 aromatic carbocycles. The van der Waals surface area contributed by atoms with Gasteiger partial charge in [-0.05, 0) is 113 Å². The fourth-order valence-corrected chi connectivity index (χ4v) is 7.97. The Bertz CT molecular complexity index is 2370. The zero-order chi connectivity index (χ0) is 35.3. The van der Waals surface area contributed by atoms with Crippen molar-refractivity contribution in [2.24, 2.45) is 4.99 Å². The van der Waals surface area contributed by atoms with E-state index < -0.39 is 0 Å². The number of benzene rings is 4. The number of halogens is 4. The molecule has 0 radical (unpaired) electrons. The van der Waals surface area contributed by atoms with E-state index in [1.54, 1.807) is 0 Å². The molecule has 9 rings (SSSR count). The van der Waals surface area contributed by atoms with Gasteiger partial charge >= 0.3 is 0 Å². The first-order chi connectivity index (χ1) is 25.4. The van der Waals surface area contributed by atoms with Crippen molar-refractivity contribution in [3.63, 3.8) is 0 Å². The normalized spacial score (nSPS) is 12.1. The van der Waals surface area contributed by atoms with Gasteiger partial charge in [-0.15, -0.1) is 0 Å². The van der Waals surface area contributed by atoms with Gasteiger partial charge in [0.1, 0.15) is 0 Å². The monoisotopic (exact) mass is 926 g/mol. The molecule has 0 saturated carbocycles. The standard InChI is InChI=1S/C44H26Br4N4/c45-30-9-1-25(2-10-30)41-29-23-40(49-24-29)44(28-7-15-33(48)16-8-28)39-22-21-38(52-39)43(27-5-13-32(47)14-6-27)37-20-19-36(51-37)42(35-18-17-34(41)50-35)26-3-11-31(46)12-4-26/h1-24,50,52H. The molecule has 0 amide bonds. The molecule has 4 nitrogen and oxygen atoms in total. The van der Waals surface area contributed by atoms with Crippen LogP contribution in [0.2, 0.25) is 0 Å². The molecule has 0 aliphatic carbocycles. The van der Waals surface area contributed by atoms with Crippen LogP contribution < -0.4 is 0 Å². The van der Waals surface area contributed by atoms with Crippen molar-refractivity contribution in [3.05, 3.63) is 162 Å². The minimum absolute atomic E-state index is 0.875. The molecule has 0 saturated heterocycles. The van der Waals surface area contributed by atoms with Crippen molar-refractivity contribution in [2.75, 3.05) is 0 Å². The van der Waals surface area contributed by atoms with E-state index in [1.165, 1.54) is 0 Å². The fraction of sp³-hybridized carbons (Fsp3) is 0. The SMILES string of the molecule is Brc1ccc(-c2c3cc(c(-c4ccc(Br)cc4)c4ccc([nH]4)c(-c4ccc(Br)cc4)c4nc(c(-c5ccc(Br)cc5)c5ccc2[nH]5)C=C4)N=C3)cc1. The van der Waals surface area contributed by atoms with Gasteiger partial charge < -0.3 is 9.97 Å². The molecule has 7 aromatic rings. The van der Waals surface area contributed by atoms with Crippen LogP contribution >= 0.6 is 63.7 Å². The molecule has 2 aliphatic heterocycles. The van der Waals surface area contributed by atoms with E-state index in [-0.39, 0.29) is 0 Å². The molecule has 250 valence electrons. The number of aromatic nitrogens is 3. The van der Waals surface area contributed by atoms with E-state index in [9.17, 15) is 0 Å². The predicted molar refractivity (Wildman–Crippen MR) is 232 cm³/mol. The van der Waals surface area contributed by atoms with Crippen molar-refractivity contribution < 1.29 is 0 Å². The molecule has 2 N–H and O–H groups in total. The molecule has 5 heterocycles. The van der Waals surface area contributed by atoms with Crippen molar-refractivity contribution in [3.8, 4) is 44.5 Å². The molecule has 52 heavy (non-hydrogen) atoms. The largest absolute Gasteiger partial charge is 0.354 e. The van der Waals surface area contributed by atoms with E-state index in [4.69, 9.17) is 9.98 Å². The minimum Gasteiger partial charge on any atom is -0.354 e. The Hall–Kier alpha value is -4.60. The third-order valence-corrected chi connectivity index (χ3v) is 11.4. The number of nitrogens with one attached hydrogen (secondary N) is 2. The zero-order valence-corrected chi connectivity index (χ0v) is 33.6. The highest BCUT2D eigenvalue weighted by Crippen LogP contribution is 2.41. The van der Waals surface area contributed by atoms with Crippen LogP contribution in [0.25, 0.3) is 78.7 Å². The molecular formula is C44H26Br4N4. The zero-order valence-electron chi connectivity index (χ0n) is 27.3. The molecule has 0 spiro atoms. The first-order valence-corrected chi connectivity index (χ1v) is 19.7. The van der Waals surface area contributed by atoms with E-state index in [1.807, 2.05) is 6.21 Å². The predicted octanol–water partition coefficient (Wildman–Crippen LogP) is 14.6. The van der Waals surface area contributed by atoms with Crippen LogP contribution in [0.15, 0.2) is 150 Å². The Morgan fingerprint density at radius 3 is 1.15 bits per heavy atom. The van der Waals surface area contributed by atoms with Gasteiger partial charge in [0.2, 0.25) is 0 Å². The number of aliphatic imine (C=N–C) groups is 1. The summed E-state index contributed by atoms with van der Waals surface area (Å²) in [7, 11) is 0. The van der Waals surface area contributed by atoms with Crippen LogP contribution in [-0.2, 0) is 0 Å². The lowest BCUT2D eigenvalue weighted by Crippen LogP contribution is -1.88. The summed E-state index contributed by atoms with van der Waals surface area (Å²) in [4.78, 5) is 18.1. The summed E-state index contributed by atoms with van der Waals surface area (Å²) < 4.78 is 4.08. The summed E-state index contributed by atoms with van der Waals surface area (Å²) in [6, 6.07) is 44.5. The molecule has 3 aromatic heterocycles. The molecule has 8 heteroatoms. The van der Waals surface area contributed by atoms with Gasteiger partial charge in [0.25, 0.3) is 0 Å². The van der Waals surface area contributed by atoms with Gasteiger partial charge in [-0.2, -0.15) is 0 Å². The van der Waals surface area contributed by atoms with E-state index in [0.29, 0.717) is 0 Å². The second-order valence-electron chi connectivity index (χ2n) is 12.6. The molecule has 2 aliphatic rings. The first-order valence-electron chi connectivity index (χ1n) is 16.6. The summed E-state index contributed by atoms with van der Waals surface area (Å²) in [5, 5.41) is 0. The number of hydrogen-bond donors (Lipinski definition) is 2. The number of aromatic amines is 2. The third kappa shape index (κ3) is 6.28. The third-order valence-electron chi connectivity index (χ3n) is 9.31. The van der Waals surface area contributed by atoms with E-state index >= 15 is 0 Å². The quantitative estimate of drug-likeness (QED) is 0.182. The van der Waals surface area contributed by atoms with Gasteiger partial charge in [-0.25, -0.2) is 4.98 Å². The van der Waals surface area contributed by atoms with Crippen LogP contribution in [0.5, 0.6) is 0 Å². The van der Waals surface area contributed by atoms with Gasteiger partial charge in [0.15, 0.2) is 0 Å². The van der Waals surface area contributed by atoms with Crippen LogP contribution in [-0.4, -0.2) is 21.2 Å². The lowest BCUT2D eigenvalue weighted by molar-refractivity contribution is 1.32. The first kappa shape index (κ1) is 33.3. The summed E-state index contributed by atoms with van der Waals surface area (Å²) in [5.74, 6) is 0. The highest BCUT2D eigenvalue weighted by atomic mass is 79.9. The second-order valence-corrected chi connectivity index (χ2v) is 16.2. The summed E-state index contributed by atoms with van der Waals surface area (Å²) >= 11 is 14.5. The maximum Gasteiger partial charge on any atom is 0.0737 e. The minimum atomic E-state index is 0.875. The molecule has 0 atom stereocenters. The van der Waals surface area contributed by atoms with Gasteiger partial charge in [-0.1, -0.05) is 112 Å². The summed E-state index contributed by atoms with van der Waals surface area (Å²) in [6.45, 7) is 0. The second kappa shape index (κ2) is 13.7.